The predicted octanol–water partition coefficient (Wildman–Crippen LogP) is 1.59. The van der Waals surface area contributed by atoms with E-state index in [1.807, 2.05) is 29.2 Å². The third-order valence-corrected chi connectivity index (χ3v) is 5.55. The minimum absolute atomic E-state index is 0.00726. The Morgan fingerprint density at radius 3 is 2.35 bits per heavy atom. The minimum Gasteiger partial charge on any atom is -0.359 e. The highest BCUT2D eigenvalue weighted by atomic mass is 16.2. The number of amides is 3. The second kappa shape index (κ2) is 7.89. The lowest BCUT2D eigenvalue weighted by Crippen LogP contribution is -2.45. The Labute approximate surface area is 154 Å². The molecule has 2 aliphatic rings. The van der Waals surface area contributed by atoms with Crippen molar-refractivity contribution in [1.82, 2.24) is 10.2 Å². The van der Waals surface area contributed by atoms with Crippen molar-refractivity contribution in [2.45, 2.75) is 32.6 Å². The van der Waals surface area contributed by atoms with E-state index in [1.54, 1.807) is 11.9 Å². The average Bonchev–Trinajstić information content (AvgIpc) is 3.08. The number of carbonyl (C=O) groups is 3. The second-order valence-corrected chi connectivity index (χ2v) is 7.14. The molecule has 140 valence electrons. The molecule has 6 nitrogen and oxygen atoms in total. The van der Waals surface area contributed by atoms with E-state index in [-0.39, 0.29) is 36.0 Å². The van der Waals surface area contributed by atoms with E-state index in [0.717, 1.165) is 12.1 Å². The Morgan fingerprint density at radius 1 is 1.12 bits per heavy atom. The molecule has 0 spiro atoms. The maximum atomic E-state index is 12.8. The van der Waals surface area contributed by atoms with Gasteiger partial charge in [-0.3, -0.25) is 14.4 Å². The molecule has 2 saturated heterocycles. The lowest BCUT2D eigenvalue weighted by molar-refractivity contribution is -0.139. The van der Waals surface area contributed by atoms with Gasteiger partial charge in [0.25, 0.3) is 0 Å². The van der Waals surface area contributed by atoms with Crippen LogP contribution in [-0.4, -0.2) is 49.3 Å². The largest absolute Gasteiger partial charge is 0.359 e. The van der Waals surface area contributed by atoms with Gasteiger partial charge in [0.15, 0.2) is 0 Å². The van der Waals surface area contributed by atoms with Crippen molar-refractivity contribution < 1.29 is 14.4 Å². The smallest absolute Gasteiger partial charge is 0.228 e. The summed E-state index contributed by atoms with van der Waals surface area (Å²) in [5, 5.41) is 2.68. The number of piperidine rings is 1. The fourth-order valence-electron chi connectivity index (χ4n) is 3.86. The molecule has 0 aromatic heterocycles. The Kier molecular flexibility index (Phi) is 5.59. The molecule has 26 heavy (non-hydrogen) atoms. The Balaban J connectivity index is 1.59. The van der Waals surface area contributed by atoms with Gasteiger partial charge in [-0.1, -0.05) is 19.1 Å². The summed E-state index contributed by atoms with van der Waals surface area (Å²) < 4.78 is 0. The molecule has 3 amide bonds. The number of anilines is 1. The van der Waals surface area contributed by atoms with Crippen LogP contribution >= 0.6 is 0 Å². The van der Waals surface area contributed by atoms with Crippen LogP contribution in [-0.2, 0) is 20.8 Å². The molecule has 1 N–H and O–H groups in total. The lowest BCUT2D eigenvalue weighted by atomic mass is 9.94. The van der Waals surface area contributed by atoms with Gasteiger partial charge in [-0.15, -0.1) is 0 Å². The molecule has 1 aromatic rings. The molecule has 2 fully saturated rings. The minimum atomic E-state index is -0.287. The highest BCUT2D eigenvalue weighted by molar-refractivity contribution is 6.00. The average molecular weight is 357 g/mol. The van der Waals surface area contributed by atoms with Crippen molar-refractivity contribution in [3.63, 3.8) is 0 Å². The van der Waals surface area contributed by atoms with Gasteiger partial charge in [0, 0.05) is 44.7 Å². The third kappa shape index (κ3) is 3.74. The summed E-state index contributed by atoms with van der Waals surface area (Å²) in [6, 6.07) is 7.97. The molecule has 1 aromatic carbocycles. The summed E-state index contributed by atoms with van der Waals surface area (Å²) >= 11 is 0. The molecule has 6 heteroatoms. The zero-order valence-electron chi connectivity index (χ0n) is 15.5. The molecule has 2 heterocycles. The van der Waals surface area contributed by atoms with Crippen LogP contribution in [0, 0.1) is 11.8 Å². The monoisotopic (exact) mass is 357 g/mol. The van der Waals surface area contributed by atoms with Crippen LogP contribution in [0.15, 0.2) is 24.3 Å². The van der Waals surface area contributed by atoms with Crippen LogP contribution < -0.4 is 10.2 Å². The van der Waals surface area contributed by atoms with E-state index in [2.05, 4.69) is 12.2 Å². The van der Waals surface area contributed by atoms with Crippen LogP contribution in [0.3, 0.4) is 0 Å². The topological polar surface area (TPSA) is 69.7 Å². The van der Waals surface area contributed by atoms with E-state index in [9.17, 15) is 14.4 Å². The Hall–Kier alpha value is -2.37. The van der Waals surface area contributed by atoms with E-state index < -0.39 is 0 Å². The van der Waals surface area contributed by atoms with Gasteiger partial charge in [0.1, 0.15) is 0 Å². The number of hydrogen-bond acceptors (Lipinski definition) is 3. The van der Waals surface area contributed by atoms with Gasteiger partial charge in [-0.25, -0.2) is 0 Å². The predicted molar refractivity (Wildman–Crippen MR) is 99.7 cm³/mol. The van der Waals surface area contributed by atoms with Crippen LogP contribution in [0.5, 0.6) is 0 Å². The molecule has 1 atom stereocenters. The summed E-state index contributed by atoms with van der Waals surface area (Å²) in [6.45, 7) is 3.72. The maximum Gasteiger partial charge on any atom is 0.228 e. The summed E-state index contributed by atoms with van der Waals surface area (Å²) in [6.07, 6.45) is 2.60. The number of rotatable bonds is 4. The van der Waals surface area contributed by atoms with Gasteiger partial charge < -0.3 is 15.1 Å². The first-order valence-electron chi connectivity index (χ1n) is 9.43. The zero-order chi connectivity index (χ0) is 18.7. The molecule has 1 unspecified atom stereocenters. The van der Waals surface area contributed by atoms with E-state index in [1.165, 1.54) is 5.56 Å². The van der Waals surface area contributed by atoms with Crippen LogP contribution in [0.25, 0.3) is 0 Å². The third-order valence-electron chi connectivity index (χ3n) is 5.55. The lowest BCUT2D eigenvalue weighted by Gasteiger charge is -2.32. The number of nitrogens with one attached hydrogen (secondary N) is 1. The summed E-state index contributed by atoms with van der Waals surface area (Å²) in [7, 11) is 1.64. The molecule has 0 saturated carbocycles. The Bertz CT molecular complexity index is 678. The van der Waals surface area contributed by atoms with Crippen LogP contribution in [0.2, 0.25) is 0 Å². The van der Waals surface area contributed by atoms with Crippen molar-refractivity contribution in [2.24, 2.45) is 11.8 Å². The van der Waals surface area contributed by atoms with Gasteiger partial charge >= 0.3 is 0 Å². The number of nitrogens with zero attached hydrogens (tertiary/aromatic N) is 2. The maximum absolute atomic E-state index is 12.8. The van der Waals surface area contributed by atoms with Gasteiger partial charge in [-0.2, -0.15) is 0 Å². The SMILES string of the molecule is CCc1ccc(N2CC(C(=O)N3CCC(C(=O)NC)CC3)CC2=O)cc1. The standard InChI is InChI=1S/C20H27N3O3/c1-3-14-4-6-17(7-5-14)23-13-16(12-18(23)24)20(26)22-10-8-15(9-11-22)19(25)21-2/h4-7,15-16H,3,8-13H2,1-2H3,(H,21,25). The molecule has 0 radical (unpaired) electrons. The molecule has 2 aliphatic heterocycles. The Morgan fingerprint density at radius 2 is 1.77 bits per heavy atom. The van der Waals surface area contributed by atoms with Crippen LogP contribution in [0.4, 0.5) is 5.69 Å². The normalized spacial score (nSPS) is 21.2. The van der Waals surface area contributed by atoms with Gasteiger partial charge in [-0.05, 0) is 37.0 Å². The molecular formula is C20H27N3O3. The number of hydrogen-bond donors (Lipinski definition) is 1. The van der Waals surface area contributed by atoms with Crippen molar-refractivity contribution in [1.29, 1.82) is 0 Å². The fraction of sp³-hybridized carbons (Fsp3) is 0.550. The fourth-order valence-corrected chi connectivity index (χ4v) is 3.86. The number of aryl methyl sites for hydroxylation is 1. The quantitative estimate of drug-likeness (QED) is 0.890. The van der Waals surface area contributed by atoms with E-state index in [0.29, 0.717) is 32.5 Å². The van der Waals surface area contributed by atoms with E-state index >= 15 is 0 Å². The van der Waals surface area contributed by atoms with Crippen molar-refractivity contribution in [2.75, 3.05) is 31.6 Å². The summed E-state index contributed by atoms with van der Waals surface area (Å²) in [4.78, 5) is 40.5. The zero-order valence-corrected chi connectivity index (χ0v) is 15.5. The first-order valence-corrected chi connectivity index (χ1v) is 9.43. The number of benzene rings is 1. The second-order valence-electron chi connectivity index (χ2n) is 7.14. The van der Waals surface area contributed by atoms with Gasteiger partial charge in [0.2, 0.25) is 17.7 Å². The number of likely N-dealkylation sites (tertiary alicyclic amines) is 1. The van der Waals surface area contributed by atoms with Gasteiger partial charge in [0.05, 0.1) is 5.92 Å². The summed E-state index contributed by atoms with van der Waals surface area (Å²) in [5.74, 6) is -0.197. The first-order chi connectivity index (χ1) is 12.5. The highest BCUT2D eigenvalue weighted by Crippen LogP contribution is 2.28. The summed E-state index contributed by atoms with van der Waals surface area (Å²) in [5.41, 5.74) is 2.09. The molecular weight excluding hydrogens is 330 g/mol. The van der Waals surface area contributed by atoms with Crippen molar-refractivity contribution >= 4 is 23.4 Å². The highest BCUT2D eigenvalue weighted by Gasteiger charge is 2.38. The molecule has 3 rings (SSSR count). The molecule has 0 bridgehead atoms. The van der Waals surface area contributed by atoms with Crippen molar-refractivity contribution in [3.05, 3.63) is 29.8 Å². The number of carbonyl (C=O) groups excluding carboxylic acids is 3. The molecule has 0 aliphatic carbocycles. The first kappa shape index (κ1) is 18.4. The van der Waals surface area contributed by atoms with Crippen molar-refractivity contribution in [3.8, 4) is 0 Å². The van der Waals surface area contributed by atoms with E-state index in [4.69, 9.17) is 0 Å². The van der Waals surface area contributed by atoms with Crippen LogP contribution in [0.1, 0.15) is 31.7 Å².